The smallest absolute Gasteiger partial charge is 0.411 e. The van der Waals surface area contributed by atoms with Crippen molar-refractivity contribution in [1.29, 1.82) is 0 Å². The second kappa shape index (κ2) is 27.3. The summed E-state index contributed by atoms with van der Waals surface area (Å²) in [5, 5.41) is 12.5. The van der Waals surface area contributed by atoms with Gasteiger partial charge < -0.3 is 53.4 Å². The van der Waals surface area contributed by atoms with Crippen LogP contribution in [0.3, 0.4) is 0 Å². The van der Waals surface area contributed by atoms with Crippen LogP contribution < -0.4 is 5.32 Å². The summed E-state index contributed by atoms with van der Waals surface area (Å²) in [6.45, 7) is 28.5. The van der Waals surface area contributed by atoms with Gasteiger partial charge in [-0.1, -0.05) is 60.7 Å². The second-order valence-electron chi connectivity index (χ2n) is 23.2. The highest BCUT2D eigenvalue weighted by atomic mass is 16.6. The Labute approximate surface area is 447 Å². The number of amides is 5. The number of hydrogen-bond donors (Lipinski definition) is 2. The van der Waals surface area contributed by atoms with Crippen molar-refractivity contribution in [2.24, 2.45) is 0 Å². The molecule has 424 valence electrons. The summed E-state index contributed by atoms with van der Waals surface area (Å²) in [5.74, 6) is -2.19. The third kappa shape index (κ3) is 23.0. The number of rotatable bonds is 7. The Morgan fingerprint density at radius 2 is 0.776 bits per heavy atom. The molecule has 3 aliphatic heterocycles. The molecule has 3 fully saturated rings. The van der Waals surface area contributed by atoms with Gasteiger partial charge in [-0.15, -0.1) is 0 Å². The number of nitrogens with zero attached hydrogens (tertiary/aromatic N) is 5. The zero-order valence-electron chi connectivity index (χ0n) is 47.1. The first-order chi connectivity index (χ1) is 35.0. The number of carbonyl (C=O) groups is 8. The van der Waals surface area contributed by atoms with E-state index in [1.54, 1.807) is 104 Å². The Hall–Kier alpha value is -6.84. The first-order valence-electron chi connectivity index (χ1n) is 25.3. The Bertz CT molecular complexity index is 2230. The van der Waals surface area contributed by atoms with Crippen molar-refractivity contribution in [2.45, 2.75) is 163 Å². The Kier molecular flexibility index (Phi) is 22.8. The fourth-order valence-corrected chi connectivity index (χ4v) is 7.20. The first kappa shape index (κ1) is 63.5. The number of aliphatic carboxylic acids is 1. The van der Waals surface area contributed by atoms with Gasteiger partial charge in [0.1, 0.15) is 47.3 Å². The fraction of sp³-hybridized carbons (Fsp3) is 0.630. The molecular weight excluding hydrogens is 989 g/mol. The minimum absolute atomic E-state index is 0.0260. The van der Waals surface area contributed by atoms with Crippen LogP contribution >= 0.6 is 0 Å². The predicted octanol–water partition coefficient (Wildman–Crippen LogP) is 7.45. The van der Waals surface area contributed by atoms with Crippen molar-refractivity contribution in [1.82, 2.24) is 29.8 Å². The monoisotopic (exact) mass is 1070 g/mol. The van der Waals surface area contributed by atoms with E-state index in [4.69, 9.17) is 33.2 Å². The van der Waals surface area contributed by atoms with Gasteiger partial charge in [-0.05, 0) is 115 Å². The summed E-state index contributed by atoms with van der Waals surface area (Å²) in [5.41, 5.74) is -1.63. The van der Waals surface area contributed by atoms with Gasteiger partial charge in [0.25, 0.3) is 0 Å². The lowest BCUT2D eigenvalue weighted by Crippen LogP contribution is -2.61. The van der Waals surface area contributed by atoms with Gasteiger partial charge in [0.05, 0.1) is 13.1 Å². The lowest BCUT2D eigenvalue weighted by Gasteiger charge is -2.40. The molecule has 0 aliphatic carbocycles. The molecule has 3 aliphatic rings. The van der Waals surface area contributed by atoms with Crippen molar-refractivity contribution in [2.75, 3.05) is 58.9 Å². The van der Waals surface area contributed by atoms with Gasteiger partial charge in [0.15, 0.2) is 12.1 Å². The molecule has 22 heteroatoms. The number of piperazine rings is 3. The SMILES string of the molecule is CC(C)(C)OC(=O)C1CN(C(=O)OCc2ccccc2)CCN1C(=O)OC(C)(C)C.CC(C)(C)OC(=O)C1CNCCN1C(=O)OC(C)(C)C.CC(C)(C)OC(=O)N1CCN(C(=O)OCc2ccccc2)CC1C(=O)O. The number of benzene rings is 2. The average Bonchev–Trinajstić information content (AvgIpc) is 3.30. The third-order valence-corrected chi connectivity index (χ3v) is 10.5. The number of hydrogen-bond acceptors (Lipinski definition) is 16. The van der Waals surface area contributed by atoms with Crippen LogP contribution in [0.1, 0.15) is 115 Å². The molecule has 3 atom stereocenters. The molecule has 0 bridgehead atoms. The summed E-state index contributed by atoms with van der Waals surface area (Å²) in [6.07, 6.45) is -2.95. The first-order valence-corrected chi connectivity index (χ1v) is 25.3. The zero-order valence-corrected chi connectivity index (χ0v) is 47.1. The normalized spacial score (nSPS) is 18.2. The summed E-state index contributed by atoms with van der Waals surface area (Å²) >= 11 is 0. The van der Waals surface area contributed by atoms with E-state index in [0.29, 0.717) is 19.6 Å². The molecule has 2 aromatic rings. The summed E-state index contributed by atoms with van der Waals surface area (Å²) in [4.78, 5) is 105. The maximum atomic E-state index is 12.8. The molecule has 2 aromatic carbocycles. The van der Waals surface area contributed by atoms with Gasteiger partial charge in [0.2, 0.25) is 0 Å². The van der Waals surface area contributed by atoms with Gasteiger partial charge in [-0.2, -0.15) is 0 Å². The molecule has 3 saturated heterocycles. The number of carboxylic acid groups (broad SMARTS) is 1. The van der Waals surface area contributed by atoms with E-state index < -0.39 is 94.5 Å². The highest BCUT2D eigenvalue weighted by Gasteiger charge is 2.43. The average molecular weight is 1070 g/mol. The van der Waals surface area contributed by atoms with Gasteiger partial charge >= 0.3 is 48.4 Å². The molecule has 5 amide bonds. The summed E-state index contributed by atoms with van der Waals surface area (Å²) in [6, 6.07) is 15.7. The van der Waals surface area contributed by atoms with E-state index in [0.717, 1.165) is 16.0 Å². The van der Waals surface area contributed by atoms with Crippen LogP contribution in [0.15, 0.2) is 60.7 Å². The Morgan fingerprint density at radius 1 is 0.447 bits per heavy atom. The van der Waals surface area contributed by atoms with Crippen LogP contribution in [0, 0.1) is 0 Å². The standard InChI is InChI=1S/C22H32N2O6.C18H24N2O6.C14H26N2O4/c1-21(2,3)29-18(25)17-14-23(12-13-24(17)20(27)30-22(4,5)6)19(26)28-15-16-10-8-7-9-11-16;1-18(2,3)26-17(24)20-10-9-19(11-14(20)15(21)22)16(23)25-12-13-7-5-4-6-8-13;1-13(2,3)19-11(17)10-9-15-7-8-16(10)12(18)20-14(4,5)6/h7-11,17H,12-15H2,1-6H3;4-8,14H,9-12H2,1-3H3,(H,21,22);10,15H,7-9H2,1-6H3. The zero-order chi connectivity index (χ0) is 57.4. The maximum absolute atomic E-state index is 12.8. The molecule has 2 N–H and O–H groups in total. The minimum Gasteiger partial charge on any atom is -0.480 e. The number of ether oxygens (including phenoxy) is 7. The van der Waals surface area contributed by atoms with Crippen LogP contribution in [0.25, 0.3) is 0 Å². The largest absolute Gasteiger partial charge is 0.480 e. The summed E-state index contributed by atoms with van der Waals surface area (Å²) < 4.78 is 37.5. The Balaban J connectivity index is 0.000000306. The van der Waals surface area contributed by atoms with Crippen molar-refractivity contribution >= 4 is 48.4 Å². The molecule has 3 heterocycles. The second-order valence-corrected chi connectivity index (χ2v) is 23.2. The van der Waals surface area contributed by atoms with Crippen molar-refractivity contribution in [3.8, 4) is 0 Å². The number of carbonyl (C=O) groups excluding carboxylic acids is 7. The van der Waals surface area contributed by atoms with E-state index >= 15 is 0 Å². The van der Waals surface area contributed by atoms with Crippen LogP contribution in [0.5, 0.6) is 0 Å². The van der Waals surface area contributed by atoms with Gasteiger partial charge in [0, 0.05) is 45.8 Å². The molecule has 0 saturated carbocycles. The highest BCUT2D eigenvalue weighted by Crippen LogP contribution is 2.22. The third-order valence-electron chi connectivity index (χ3n) is 10.5. The van der Waals surface area contributed by atoms with Crippen LogP contribution in [0.4, 0.5) is 24.0 Å². The van der Waals surface area contributed by atoms with Crippen LogP contribution in [-0.2, 0) is 60.8 Å². The van der Waals surface area contributed by atoms with Gasteiger partial charge in [-0.3, -0.25) is 14.7 Å². The number of carboxylic acids is 1. The number of nitrogens with one attached hydrogen (secondary N) is 1. The highest BCUT2D eigenvalue weighted by molar-refractivity contribution is 5.84. The van der Waals surface area contributed by atoms with Gasteiger partial charge in [-0.25, -0.2) is 38.4 Å². The molecule has 3 unspecified atom stereocenters. The quantitative estimate of drug-likeness (QED) is 0.202. The van der Waals surface area contributed by atoms with E-state index in [9.17, 15) is 43.5 Å². The Morgan fingerprint density at radius 3 is 1.13 bits per heavy atom. The lowest BCUT2D eigenvalue weighted by atomic mass is 10.1. The van der Waals surface area contributed by atoms with Crippen molar-refractivity contribution < 1.29 is 76.6 Å². The predicted molar refractivity (Wildman–Crippen MR) is 279 cm³/mol. The lowest BCUT2D eigenvalue weighted by molar-refractivity contribution is -0.163. The number of esters is 2. The molecule has 76 heavy (non-hydrogen) atoms. The van der Waals surface area contributed by atoms with E-state index in [1.807, 2.05) is 60.7 Å². The van der Waals surface area contributed by atoms with Crippen LogP contribution in [-0.4, -0.2) is 183 Å². The topological polar surface area (TPSA) is 250 Å². The van der Waals surface area contributed by atoms with E-state index in [1.165, 1.54) is 19.6 Å². The minimum atomic E-state index is -1.20. The van der Waals surface area contributed by atoms with E-state index in [-0.39, 0.29) is 52.5 Å². The molecule has 22 nitrogen and oxygen atoms in total. The van der Waals surface area contributed by atoms with Crippen molar-refractivity contribution in [3.05, 3.63) is 71.8 Å². The fourth-order valence-electron chi connectivity index (χ4n) is 7.20. The van der Waals surface area contributed by atoms with Crippen LogP contribution in [0.2, 0.25) is 0 Å². The maximum Gasteiger partial charge on any atom is 0.411 e. The molecule has 5 rings (SSSR count). The summed E-state index contributed by atoms with van der Waals surface area (Å²) in [7, 11) is 0. The van der Waals surface area contributed by atoms with Crippen molar-refractivity contribution in [3.63, 3.8) is 0 Å². The van der Waals surface area contributed by atoms with E-state index in [2.05, 4.69) is 5.32 Å². The molecule has 0 spiro atoms. The molecule has 0 aromatic heterocycles. The molecular formula is C54H82N6O16. The molecule has 0 radical (unpaired) electrons.